The lowest BCUT2D eigenvalue weighted by atomic mass is 9.80. The average Bonchev–Trinajstić information content (AvgIpc) is 2.95. The van der Waals surface area contributed by atoms with Crippen LogP contribution in [-0.4, -0.2) is 55.8 Å². The second-order valence-electron chi connectivity index (χ2n) is 5.17. The fourth-order valence-electron chi connectivity index (χ4n) is 2.69. The molecule has 21 heavy (non-hydrogen) atoms. The highest BCUT2D eigenvalue weighted by Gasteiger charge is 2.44. The quantitative estimate of drug-likeness (QED) is 0.895. The molecule has 1 atom stereocenters. The molecule has 116 valence electrons. The molecule has 1 aliphatic heterocycles. The summed E-state index contributed by atoms with van der Waals surface area (Å²) in [5.74, 6) is -0.563. The van der Waals surface area contributed by atoms with Crippen molar-refractivity contribution in [3.63, 3.8) is 0 Å². The third-order valence-electron chi connectivity index (χ3n) is 3.78. The molecule has 0 saturated carbocycles. The number of hydrogen-bond acceptors (Lipinski definition) is 5. The van der Waals surface area contributed by atoms with E-state index >= 15 is 0 Å². The Bertz CT molecular complexity index is 525. The third kappa shape index (κ3) is 3.03. The molecule has 2 rings (SSSR count). The number of carboxylic acids is 1. The molecule has 1 amide bonds. The van der Waals surface area contributed by atoms with Gasteiger partial charge >= 0.3 is 5.97 Å². The van der Waals surface area contributed by atoms with Crippen LogP contribution in [0.3, 0.4) is 0 Å². The van der Waals surface area contributed by atoms with Crippen LogP contribution in [0.2, 0.25) is 0 Å². The van der Waals surface area contributed by atoms with E-state index in [4.69, 9.17) is 9.47 Å². The number of thiophene rings is 1. The number of carbonyl (C=O) groups excluding carboxylic acids is 1. The molecule has 0 radical (unpaired) electrons. The van der Waals surface area contributed by atoms with Gasteiger partial charge in [0.1, 0.15) is 16.0 Å². The summed E-state index contributed by atoms with van der Waals surface area (Å²) in [4.78, 5) is 26.3. The largest absolute Gasteiger partial charge is 0.495 e. The number of methoxy groups -OCH3 is 2. The van der Waals surface area contributed by atoms with Gasteiger partial charge in [-0.2, -0.15) is 0 Å². The van der Waals surface area contributed by atoms with Crippen LogP contribution in [0.5, 0.6) is 5.75 Å². The fraction of sp³-hybridized carbons (Fsp3) is 0.571. The van der Waals surface area contributed by atoms with Crippen LogP contribution in [-0.2, 0) is 9.53 Å². The lowest BCUT2D eigenvalue weighted by Gasteiger charge is -2.39. The first-order valence-electron chi connectivity index (χ1n) is 6.67. The van der Waals surface area contributed by atoms with Gasteiger partial charge in [0, 0.05) is 20.2 Å². The molecular weight excluding hydrogens is 294 g/mol. The molecule has 2 heterocycles. The van der Waals surface area contributed by atoms with E-state index in [0.717, 1.165) is 0 Å². The number of carbonyl (C=O) groups is 2. The predicted octanol–water partition coefficient (Wildman–Crippen LogP) is 1.71. The molecule has 1 N–H and O–H groups in total. The molecular formula is C14H19NO5S. The summed E-state index contributed by atoms with van der Waals surface area (Å²) < 4.78 is 10.2. The lowest BCUT2D eigenvalue weighted by Crippen LogP contribution is -2.52. The number of amides is 1. The van der Waals surface area contributed by atoms with E-state index in [0.29, 0.717) is 30.0 Å². The molecule has 1 unspecified atom stereocenters. The van der Waals surface area contributed by atoms with Gasteiger partial charge in [-0.1, -0.05) is 0 Å². The molecule has 1 aromatic heterocycles. The van der Waals surface area contributed by atoms with Crippen LogP contribution in [0.15, 0.2) is 11.4 Å². The Balaban J connectivity index is 2.20. The van der Waals surface area contributed by atoms with E-state index in [1.165, 1.54) is 25.6 Å². The minimum absolute atomic E-state index is 0.105. The molecule has 1 aliphatic rings. The van der Waals surface area contributed by atoms with Crippen molar-refractivity contribution < 1.29 is 24.2 Å². The number of carboxylic acid groups (broad SMARTS) is 1. The number of nitrogens with zero attached hydrogens (tertiary/aromatic N) is 1. The van der Waals surface area contributed by atoms with Crippen LogP contribution in [0.1, 0.15) is 22.5 Å². The number of ether oxygens (including phenoxy) is 2. The maximum Gasteiger partial charge on any atom is 0.313 e. The molecule has 0 spiro atoms. The molecule has 1 aromatic rings. The zero-order valence-corrected chi connectivity index (χ0v) is 12.9. The van der Waals surface area contributed by atoms with Gasteiger partial charge in [-0.05, 0) is 24.3 Å². The van der Waals surface area contributed by atoms with Crippen LogP contribution in [0, 0.1) is 5.41 Å². The molecule has 1 saturated heterocycles. The zero-order valence-electron chi connectivity index (χ0n) is 12.1. The monoisotopic (exact) mass is 313 g/mol. The summed E-state index contributed by atoms with van der Waals surface area (Å²) in [5, 5.41) is 11.3. The van der Waals surface area contributed by atoms with Crippen LogP contribution >= 0.6 is 11.3 Å². The van der Waals surface area contributed by atoms with E-state index in [1.54, 1.807) is 16.3 Å². The minimum Gasteiger partial charge on any atom is -0.495 e. The van der Waals surface area contributed by atoms with Crippen molar-refractivity contribution in [2.75, 3.05) is 33.9 Å². The second-order valence-corrected chi connectivity index (χ2v) is 6.08. The van der Waals surface area contributed by atoms with Gasteiger partial charge < -0.3 is 19.5 Å². The van der Waals surface area contributed by atoms with E-state index in [1.807, 2.05) is 0 Å². The first-order chi connectivity index (χ1) is 10.0. The maximum absolute atomic E-state index is 12.6. The van der Waals surface area contributed by atoms with Crippen molar-refractivity contribution in [3.05, 3.63) is 16.3 Å². The molecule has 0 bridgehead atoms. The standard InChI is InChI=1S/C14H19NO5S/c1-19-9-14(13(17)18)5-3-6-15(8-14)12(16)11-10(20-2)4-7-21-11/h4,7H,3,5-6,8-9H2,1-2H3,(H,17,18). The lowest BCUT2D eigenvalue weighted by molar-refractivity contribution is -0.155. The predicted molar refractivity (Wildman–Crippen MR) is 78.0 cm³/mol. The van der Waals surface area contributed by atoms with Crippen LogP contribution < -0.4 is 4.74 Å². The van der Waals surface area contributed by atoms with Crippen molar-refractivity contribution in [1.29, 1.82) is 0 Å². The summed E-state index contributed by atoms with van der Waals surface area (Å²) >= 11 is 1.30. The topological polar surface area (TPSA) is 76.1 Å². The molecule has 0 aromatic carbocycles. The van der Waals surface area contributed by atoms with Gasteiger partial charge in [0.2, 0.25) is 0 Å². The first kappa shape index (κ1) is 15.8. The van der Waals surface area contributed by atoms with E-state index in [9.17, 15) is 14.7 Å². The van der Waals surface area contributed by atoms with E-state index in [-0.39, 0.29) is 19.1 Å². The highest BCUT2D eigenvalue weighted by atomic mass is 32.1. The van der Waals surface area contributed by atoms with Gasteiger partial charge in [0.25, 0.3) is 5.91 Å². The van der Waals surface area contributed by atoms with Gasteiger partial charge in [-0.15, -0.1) is 11.3 Å². The molecule has 0 aliphatic carbocycles. The Morgan fingerprint density at radius 3 is 2.86 bits per heavy atom. The number of likely N-dealkylation sites (tertiary alicyclic amines) is 1. The number of rotatable bonds is 5. The Morgan fingerprint density at radius 1 is 1.48 bits per heavy atom. The smallest absolute Gasteiger partial charge is 0.313 e. The molecule has 1 fully saturated rings. The fourth-order valence-corrected chi connectivity index (χ4v) is 3.52. The molecule has 7 heteroatoms. The summed E-state index contributed by atoms with van der Waals surface area (Å²) in [5.41, 5.74) is -1.02. The maximum atomic E-state index is 12.6. The Hall–Kier alpha value is -1.60. The van der Waals surface area contributed by atoms with Gasteiger partial charge in [0.05, 0.1) is 13.7 Å². The van der Waals surface area contributed by atoms with E-state index < -0.39 is 11.4 Å². The highest BCUT2D eigenvalue weighted by Crippen LogP contribution is 2.33. The summed E-state index contributed by atoms with van der Waals surface area (Å²) in [6, 6.07) is 1.74. The van der Waals surface area contributed by atoms with E-state index in [2.05, 4.69) is 0 Å². The van der Waals surface area contributed by atoms with Crippen molar-refractivity contribution in [1.82, 2.24) is 4.90 Å². The van der Waals surface area contributed by atoms with Crippen molar-refractivity contribution >= 4 is 23.2 Å². The average molecular weight is 313 g/mol. The third-order valence-corrected chi connectivity index (χ3v) is 4.67. The summed E-state index contributed by atoms with van der Waals surface area (Å²) in [6.45, 7) is 0.822. The SMILES string of the molecule is COCC1(C(=O)O)CCCN(C(=O)c2sccc2OC)C1. The summed E-state index contributed by atoms with van der Waals surface area (Å²) in [6.07, 6.45) is 1.16. The van der Waals surface area contributed by atoms with Gasteiger partial charge in [0.15, 0.2) is 0 Å². The Labute approximate surface area is 127 Å². The second kappa shape index (κ2) is 6.44. The first-order valence-corrected chi connectivity index (χ1v) is 7.55. The van der Waals surface area contributed by atoms with Crippen molar-refractivity contribution in [3.8, 4) is 5.75 Å². The molecule has 6 nitrogen and oxygen atoms in total. The number of aliphatic carboxylic acids is 1. The minimum atomic E-state index is -1.02. The number of hydrogen-bond donors (Lipinski definition) is 1. The van der Waals surface area contributed by atoms with Crippen LogP contribution in [0.25, 0.3) is 0 Å². The van der Waals surface area contributed by atoms with Crippen molar-refractivity contribution in [2.45, 2.75) is 12.8 Å². The highest BCUT2D eigenvalue weighted by molar-refractivity contribution is 7.12. The Kier molecular flexibility index (Phi) is 4.84. The van der Waals surface area contributed by atoms with Gasteiger partial charge in [-0.3, -0.25) is 9.59 Å². The Morgan fingerprint density at radius 2 is 2.24 bits per heavy atom. The van der Waals surface area contributed by atoms with Crippen LogP contribution in [0.4, 0.5) is 0 Å². The van der Waals surface area contributed by atoms with Crippen molar-refractivity contribution in [2.24, 2.45) is 5.41 Å². The number of piperidine rings is 1. The van der Waals surface area contributed by atoms with Gasteiger partial charge in [-0.25, -0.2) is 0 Å². The summed E-state index contributed by atoms with van der Waals surface area (Å²) in [7, 11) is 3.00. The zero-order chi connectivity index (χ0) is 15.5. The normalized spacial score (nSPS) is 22.1.